The van der Waals surface area contributed by atoms with Crippen LogP contribution in [0.5, 0.6) is 0 Å². The van der Waals surface area contributed by atoms with Crippen LogP contribution in [0.1, 0.15) is 18.4 Å². The van der Waals surface area contributed by atoms with E-state index in [1.54, 1.807) is 4.90 Å². The van der Waals surface area contributed by atoms with Crippen LogP contribution in [-0.4, -0.2) is 36.5 Å². The van der Waals surface area contributed by atoms with Gasteiger partial charge in [0.05, 0.1) is 5.92 Å². The van der Waals surface area contributed by atoms with Crippen LogP contribution in [0, 0.1) is 5.92 Å². The van der Waals surface area contributed by atoms with Crippen molar-refractivity contribution in [2.75, 3.05) is 29.9 Å². The van der Waals surface area contributed by atoms with E-state index < -0.39 is 0 Å². The Balaban J connectivity index is 1.42. The first-order chi connectivity index (χ1) is 12.7. The van der Waals surface area contributed by atoms with Gasteiger partial charge in [0.1, 0.15) is 0 Å². The summed E-state index contributed by atoms with van der Waals surface area (Å²) in [6, 6.07) is 17.4. The largest absolute Gasteiger partial charge is 0.324 e. The summed E-state index contributed by atoms with van der Waals surface area (Å²) in [6.07, 6.45) is 2.60. The molecule has 0 spiro atoms. The minimum Gasteiger partial charge on any atom is -0.324 e. The maximum absolute atomic E-state index is 13.1. The maximum Gasteiger partial charge on any atom is 0.321 e. The smallest absolute Gasteiger partial charge is 0.321 e. The first-order valence-electron chi connectivity index (χ1n) is 9.22. The summed E-state index contributed by atoms with van der Waals surface area (Å²) >= 11 is 0. The number of nitrogens with zero attached hydrogens (tertiary/aromatic N) is 2. The summed E-state index contributed by atoms with van der Waals surface area (Å²) in [5.74, 6) is 0.0172. The van der Waals surface area contributed by atoms with E-state index in [2.05, 4.69) is 11.4 Å². The van der Waals surface area contributed by atoms with Gasteiger partial charge in [-0.3, -0.25) is 4.79 Å². The number of nitrogens with one attached hydrogen (secondary N) is 1. The number of carbonyl (C=O) groups is 2. The van der Waals surface area contributed by atoms with E-state index >= 15 is 0 Å². The molecule has 5 heteroatoms. The van der Waals surface area contributed by atoms with Gasteiger partial charge >= 0.3 is 6.03 Å². The third-order valence-electron chi connectivity index (χ3n) is 5.24. The van der Waals surface area contributed by atoms with Crippen molar-refractivity contribution in [3.05, 3.63) is 60.2 Å². The van der Waals surface area contributed by atoms with Crippen LogP contribution in [0.25, 0.3) is 0 Å². The number of para-hydroxylation sites is 2. The van der Waals surface area contributed by atoms with Gasteiger partial charge < -0.3 is 15.1 Å². The van der Waals surface area contributed by atoms with Gasteiger partial charge in [-0.2, -0.15) is 0 Å². The number of likely N-dealkylation sites (tertiary alicyclic amines) is 1. The Hall–Kier alpha value is -2.82. The molecular formula is C21H23N3O2. The van der Waals surface area contributed by atoms with E-state index in [0.29, 0.717) is 13.1 Å². The molecule has 2 aliphatic rings. The molecule has 2 heterocycles. The fourth-order valence-electron chi connectivity index (χ4n) is 3.87. The fraction of sp³-hybridized carbons (Fsp3) is 0.333. The van der Waals surface area contributed by atoms with Crippen molar-refractivity contribution in [2.24, 2.45) is 5.92 Å². The third kappa shape index (κ3) is 3.29. The van der Waals surface area contributed by atoms with E-state index in [9.17, 15) is 9.59 Å². The van der Waals surface area contributed by atoms with E-state index in [-0.39, 0.29) is 17.9 Å². The Bertz CT molecular complexity index is 806. The summed E-state index contributed by atoms with van der Waals surface area (Å²) in [4.78, 5) is 29.3. The minimum atomic E-state index is -0.129. The Morgan fingerprint density at radius 2 is 1.73 bits per heavy atom. The predicted molar refractivity (Wildman–Crippen MR) is 102 cm³/mol. The normalized spacial score (nSPS) is 19.2. The van der Waals surface area contributed by atoms with Crippen molar-refractivity contribution < 1.29 is 9.59 Å². The molecule has 2 aliphatic heterocycles. The summed E-state index contributed by atoms with van der Waals surface area (Å²) in [5, 5.41) is 2.92. The zero-order valence-corrected chi connectivity index (χ0v) is 14.7. The highest BCUT2D eigenvalue weighted by molar-refractivity contribution is 5.98. The van der Waals surface area contributed by atoms with Gasteiger partial charge in [-0.05, 0) is 43.0 Å². The molecule has 1 N–H and O–H groups in total. The Morgan fingerprint density at radius 3 is 2.58 bits per heavy atom. The van der Waals surface area contributed by atoms with Gasteiger partial charge in [0, 0.05) is 31.0 Å². The van der Waals surface area contributed by atoms with Gasteiger partial charge in [-0.25, -0.2) is 4.79 Å². The van der Waals surface area contributed by atoms with Crippen molar-refractivity contribution in [1.29, 1.82) is 0 Å². The Morgan fingerprint density at radius 1 is 0.962 bits per heavy atom. The first-order valence-corrected chi connectivity index (χ1v) is 9.22. The quantitative estimate of drug-likeness (QED) is 0.902. The number of amides is 3. The second-order valence-electron chi connectivity index (χ2n) is 6.95. The molecular weight excluding hydrogens is 326 g/mol. The Kier molecular flexibility index (Phi) is 4.61. The highest BCUT2D eigenvalue weighted by Crippen LogP contribution is 2.30. The highest BCUT2D eigenvalue weighted by Gasteiger charge is 2.34. The SMILES string of the molecule is O=C(Nc1ccccc1)N1CCC[C@@H](C(=O)N2CCc3ccccc32)C1. The molecule has 0 aromatic heterocycles. The summed E-state index contributed by atoms with van der Waals surface area (Å²) in [6.45, 7) is 1.92. The molecule has 0 unspecified atom stereocenters. The minimum absolute atomic E-state index is 0.128. The highest BCUT2D eigenvalue weighted by atomic mass is 16.2. The second kappa shape index (κ2) is 7.20. The average molecular weight is 349 g/mol. The number of hydrogen-bond donors (Lipinski definition) is 1. The summed E-state index contributed by atoms with van der Waals surface area (Å²) in [7, 11) is 0. The van der Waals surface area contributed by atoms with E-state index in [0.717, 1.165) is 37.2 Å². The zero-order valence-electron chi connectivity index (χ0n) is 14.7. The van der Waals surface area contributed by atoms with Crippen molar-refractivity contribution in [2.45, 2.75) is 19.3 Å². The van der Waals surface area contributed by atoms with Crippen LogP contribution in [0.4, 0.5) is 16.2 Å². The molecule has 1 atom stereocenters. The monoisotopic (exact) mass is 349 g/mol. The number of rotatable bonds is 2. The molecule has 26 heavy (non-hydrogen) atoms. The lowest BCUT2D eigenvalue weighted by atomic mass is 9.96. The molecule has 1 fully saturated rings. The van der Waals surface area contributed by atoms with E-state index in [1.807, 2.05) is 53.4 Å². The van der Waals surface area contributed by atoms with Gasteiger partial charge in [-0.15, -0.1) is 0 Å². The van der Waals surface area contributed by atoms with Crippen molar-refractivity contribution in [1.82, 2.24) is 4.90 Å². The van der Waals surface area contributed by atoms with Crippen LogP contribution in [-0.2, 0) is 11.2 Å². The number of anilines is 2. The predicted octanol–water partition coefficient (Wildman–Crippen LogP) is 3.52. The molecule has 5 nitrogen and oxygen atoms in total. The molecule has 0 saturated carbocycles. The summed E-state index contributed by atoms with van der Waals surface area (Å²) < 4.78 is 0. The molecule has 2 aromatic carbocycles. The van der Waals surface area contributed by atoms with Crippen LogP contribution in [0.15, 0.2) is 54.6 Å². The number of fused-ring (bicyclic) bond motifs is 1. The van der Waals surface area contributed by atoms with Gasteiger partial charge in [-0.1, -0.05) is 36.4 Å². The van der Waals surface area contributed by atoms with E-state index in [1.165, 1.54) is 5.56 Å². The maximum atomic E-state index is 13.1. The molecule has 0 radical (unpaired) electrons. The van der Waals surface area contributed by atoms with Gasteiger partial charge in [0.15, 0.2) is 0 Å². The second-order valence-corrected chi connectivity index (χ2v) is 6.95. The number of urea groups is 1. The topological polar surface area (TPSA) is 52.7 Å². The lowest BCUT2D eigenvalue weighted by Crippen LogP contribution is -2.47. The molecule has 0 bridgehead atoms. The molecule has 4 rings (SSSR count). The fourth-order valence-corrected chi connectivity index (χ4v) is 3.87. The molecule has 134 valence electrons. The Labute approximate surface area is 153 Å². The molecule has 2 aromatic rings. The third-order valence-corrected chi connectivity index (χ3v) is 5.24. The molecule has 3 amide bonds. The van der Waals surface area contributed by atoms with E-state index in [4.69, 9.17) is 0 Å². The van der Waals surface area contributed by atoms with Crippen molar-refractivity contribution in [3.8, 4) is 0 Å². The van der Waals surface area contributed by atoms with Crippen LogP contribution in [0.2, 0.25) is 0 Å². The van der Waals surface area contributed by atoms with Crippen LogP contribution >= 0.6 is 0 Å². The zero-order chi connectivity index (χ0) is 17.9. The molecule has 0 aliphatic carbocycles. The van der Waals surface area contributed by atoms with Gasteiger partial charge in [0.25, 0.3) is 0 Å². The molecule has 1 saturated heterocycles. The standard InChI is InChI=1S/C21H23N3O2/c25-20(24-14-12-16-7-4-5-11-19(16)24)17-8-6-13-23(15-17)21(26)22-18-9-2-1-3-10-18/h1-5,7,9-11,17H,6,8,12-15H2,(H,22,26)/t17-/m1/s1. The van der Waals surface area contributed by atoms with Gasteiger partial charge in [0.2, 0.25) is 5.91 Å². The number of hydrogen-bond acceptors (Lipinski definition) is 2. The van der Waals surface area contributed by atoms with Crippen molar-refractivity contribution >= 4 is 23.3 Å². The number of benzene rings is 2. The average Bonchev–Trinajstić information content (AvgIpc) is 3.12. The first kappa shape index (κ1) is 16.6. The number of carbonyl (C=O) groups excluding carboxylic acids is 2. The van der Waals surface area contributed by atoms with Crippen molar-refractivity contribution in [3.63, 3.8) is 0 Å². The number of piperidine rings is 1. The van der Waals surface area contributed by atoms with Crippen LogP contribution in [0.3, 0.4) is 0 Å². The van der Waals surface area contributed by atoms with Crippen LogP contribution < -0.4 is 10.2 Å². The lowest BCUT2D eigenvalue weighted by Gasteiger charge is -2.34. The lowest BCUT2D eigenvalue weighted by molar-refractivity contribution is -0.123. The summed E-state index contributed by atoms with van der Waals surface area (Å²) in [5.41, 5.74) is 3.04.